The summed E-state index contributed by atoms with van der Waals surface area (Å²) < 4.78 is 0. The fraction of sp³-hybridized carbons (Fsp3) is 0.688. The molecule has 0 N–H and O–H groups in total. The lowest BCUT2D eigenvalue weighted by Gasteiger charge is -2.40. The second kappa shape index (κ2) is 6.46. The molecule has 1 aromatic heterocycles. The summed E-state index contributed by atoms with van der Waals surface area (Å²) >= 11 is 1.77. The van der Waals surface area contributed by atoms with E-state index in [1.807, 2.05) is 0 Å². The fourth-order valence-corrected chi connectivity index (χ4v) is 4.31. The van der Waals surface area contributed by atoms with Crippen LogP contribution in [-0.2, 0) is 11.3 Å². The Morgan fingerprint density at radius 1 is 1.33 bits per heavy atom. The number of likely N-dealkylation sites (N-methyl/N-ethyl adjacent to an activating group) is 1. The highest BCUT2D eigenvalue weighted by molar-refractivity contribution is 7.07. The highest BCUT2D eigenvalue weighted by Gasteiger charge is 2.42. The largest absolute Gasteiger partial charge is 0.337 e. The van der Waals surface area contributed by atoms with Crippen LogP contribution in [0.25, 0.3) is 0 Å². The van der Waals surface area contributed by atoms with Crippen LogP contribution in [0, 0.1) is 0 Å². The smallest absolute Gasteiger partial charge is 0.222 e. The first kappa shape index (κ1) is 15.0. The molecule has 2 atom stereocenters. The molecule has 2 aliphatic rings. The maximum atomic E-state index is 12.3. The number of nitrogens with zero attached hydrogens (tertiary/aromatic N) is 3. The van der Waals surface area contributed by atoms with Gasteiger partial charge in [0, 0.05) is 44.7 Å². The molecule has 116 valence electrons. The van der Waals surface area contributed by atoms with Crippen LogP contribution in [0.15, 0.2) is 16.8 Å². The van der Waals surface area contributed by atoms with Crippen molar-refractivity contribution in [2.75, 3.05) is 33.7 Å². The van der Waals surface area contributed by atoms with Crippen LogP contribution in [0.1, 0.15) is 24.8 Å². The maximum Gasteiger partial charge on any atom is 0.222 e. The van der Waals surface area contributed by atoms with Crippen molar-refractivity contribution in [1.82, 2.24) is 14.7 Å². The molecule has 0 bridgehead atoms. The van der Waals surface area contributed by atoms with E-state index in [0.717, 1.165) is 39.0 Å². The van der Waals surface area contributed by atoms with E-state index in [9.17, 15) is 4.79 Å². The summed E-state index contributed by atoms with van der Waals surface area (Å²) in [5.74, 6) is 0.357. The third kappa shape index (κ3) is 3.30. The van der Waals surface area contributed by atoms with E-state index in [0.29, 0.717) is 24.4 Å². The molecule has 5 heteroatoms. The number of hydrogen-bond donors (Lipinski definition) is 0. The van der Waals surface area contributed by atoms with Gasteiger partial charge in [-0.25, -0.2) is 0 Å². The van der Waals surface area contributed by atoms with Gasteiger partial charge >= 0.3 is 0 Å². The lowest BCUT2D eigenvalue weighted by Crippen LogP contribution is -2.53. The van der Waals surface area contributed by atoms with Crippen LogP contribution < -0.4 is 0 Å². The van der Waals surface area contributed by atoms with Gasteiger partial charge in [0.15, 0.2) is 0 Å². The van der Waals surface area contributed by atoms with Gasteiger partial charge < -0.3 is 9.80 Å². The molecule has 2 aliphatic heterocycles. The first-order valence-corrected chi connectivity index (χ1v) is 8.79. The maximum absolute atomic E-state index is 12.3. The predicted molar refractivity (Wildman–Crippen MR) is 86.4 cm³/mol. The number of amides is 1. The first-order valence-electron chi connectivity index (χ1n) is 7.84. The quantitative estimate of drug-likeness (QED) is 0.831. The van der Waals surface area contributed by atoms with Gasteiger partial charge in [-0.05, 0) is 49.3 Å². The number of likely N-dealkylation sites (tertiary alicyclic amines) is 2. The van der Waals surface area contributed by atoms with Crippen LogP contribution in [-0.4, -0.2) is 66.4 Å². The summed E-state index contributed by atoms with van der Waals surface area (Å²) in [5.41, 5.74) is 1.41. The Morgan fingerprint density at radius 2 is 2.19 bits per heavy atom. The summed E-state index contributed by atoms with van der Waals surface area (Å²) in [6.45, 7) is 4.00. The van der Waals surface area contributed by atoms with Gasteiger partial charge in [-0.3, -0.25) is 9.69 Å². The van der Waals surface area contributed by atoms with Crippen LogP contribution in [0.5, 0.6) is 0 Å². The molecule has 1 aromatic rings. The Labute approximate surface area is 131 Å². The molecule has 0 aliphatic carbocycles. The van der Waals surface area contributed by atoms with Crippen molar-refractivity contribution in [1.29, 1.82) is 0 Å². The summed E-state index contributed by atoms with van der Waals surface area (Å²) in [6, 6.07) is 3.21. The van der Waals surface area contributed by atoms with E-state index in [4.69, 9.17) is 0 Å². The van der Waals surface area contributed by atoms with Gasteiger partial charge in [0.1, 0.15) is 0 Å². The molecule has 3 rings (SSSR count). The molecule has 1 amide bonds. The van der Waals surface area contributed by atoms with Crippen LogP contribution in [0.3, 0.4) is 0 Å². The number of thiophene rings is 1. The van der Waals surface area contributed by atoms with Gasteiger partial charge in [0.05, 0.1) is 0 Å². The van der Waals surface area contributed by atoms with E-state index >= 15 is 0 Å². The minimum Gasteiger partial charge on any atom is -0.337 e. The van der Waals surface area contributed by atoms with E-state index in [1.54, 1.807) is 11.3 Å². The molecule has 0 aromatic carbocycles. The van der Waals surface area contributed by atoms with Crippen molar-refractivity contribution in [3.05, 3.63) is 22.4 Å². The molecule has 21 heavy (non-hydrogen) atoms. The molecule has 0 spiro atoms. The molecule has 0 unspecified atom stereocenters. The fourth-order valence-electron chi connectivity index (χ4n) is 3.65. The molecule has 0 radical (unpaired) electrons. The summed E-state index contributed by atoms with van der Waals surface area (Å²) in [4.78, 5) is 19.2. The second-order valence-corrected chi connectivity index (χ2v) is 7.23. The van der Waals surface area contributed by atoms with Crippen molar-refractivity contribution >= 4 is 17.2 Å². The van der Waals surface area contributed by atoms with Crippen LogP contribution in [0.4, 0.5) is 0 Å². The Kier molecular flexibility index (Phi) is 4.62. The van der Waals surface area contributed by atoms with Crippen molar-refractivity contribution in [2.24, 2.45) is 0 Å². The zero-order valence-electron chi connectivity index (χ0n) is 13.0. The van der Waals surface area contributed by atoms with Crippen LogP contribution in [0.2, 0.25) is 0 Å². The minimum absolute atomic E-state index is 0.357. The van der Waals surface area contributed by atoms with Gasteiger partial charge in [0.25, 0.3) is 0 Å². The second-order valence-electron chi connectivity index (χ2n) is 6.45. The first-order chi connectivity index (χ1) is 10.1. The Bertz CT molecular complexity index is 474. The van der Waals surface area contributed by atoms with Crippen molar-refractivity contribution in [3.63, 3.8) is 0 Å². The number of piperidine rings is 1. The van der Waals surface area contributed by atoms with Gasteiger partial charge in [-0.15, -0.1) is 0 Å². The standard InChI is InChI=1S/C16H25N3OS/c1-17(2)8-9-19-15-5-7-18(11-13-6-10-21-12-13)14(15)3-4-16(19)20/h6,10,12,14-15H,3-5,7-9,11H2,1-2H3/t14-,15-/m1/s1. The Balaban J connectivity index is 1.65. The van der Waals surface area contributed by atoms with Gasteiger partial charge in [-0.1, -0.05) is 0 Å². The molecule has 0 saturated carbocycles. The highest BCUT2D eigenvalue weighted by Crippen LogP contribution is 2.32. The molecular formula is C16H25N3OS. The zero-order valence-corrected chi connectivity index (χ0v) is 13.8. The van der Waals surface area contributed by atoms with Gasteiger partial charge in [-0.2, -0.15) is 11.3 Å². The van der Waals surface area contributed by atoms with E-state index < -0.39 is 0 Å². The minimum atomic E-state index is 0.357. The predicted octanol–water partition coefficient (Wildman–Crippen LogP) is 1.87. The molecule has 4 nitrogen and oxygen atoms in total. The molecule has 2 saturated heterocycles. The Hall–Kier alpha value is -0.910. The summed E-state index contributed by atoms with van der Waals surface area (Å²) in [7, 11) is 4.15. The number of hydrogen-bond acceptors (Lipinski definition) is 4. The third-order valence-corrected chi connectivity index (χ3v) is 5.49. The van der Waals surface area contributed by atoms with Crippen molar-refractivity contribution < 1.29 is 4.79 Å². The van der Waals surface area contributed by atoms with Crippen LogP contribution >= 0.6 is 11.3 Å². The molecular weight excluding hydrogens is 282 g/mol. The number of fused-ring (bicyclic) bond motifs is 1. The summed E-state index contributed by atoms with van der Waals surface area (Å²) in [5, 5.41) is 4.39. The third-order valence-electron chi connectivity index (χ3n) is 4.75. The zero-order chi connectivity index (χ0) is 14.8. The molecule has 2 fully saturated rings. The normalized spacial score (nSPS) is 26.6. The average molecular weight is 307 g/mol. The average Bonchev–Trinajstić information content (AvgIpc) is 3.08. The van der Waals surface area contributed by atoms with Crippen molar-refractivity contribution in [3.8, 4) is 0 Å². The van der Waals surface area contributed by atoms with Crippen molar-refractivity contribution in [2.45, 2.75) is 37.9 Å². The van der Waals surface area contributed by atoms with Gasteiger partial charge in [0.2, 0.25) is 5.91 Å². The Morgan fingerprint density at radius 3 is 2.90 bits per heavy atom. The highest BCUT2D eigenvalue weighted by atomic mass is 32.1. The van der Waals surface area contributed by atoms with E-state index in [1.165, 1.54) is 5.56 Å². The van der Waals surface area contributed by atoms with E-state index in [2.05, 4.69) is 45.6 Å². The lowest BCUT2D eigenvalue weighted by atomic mass is 9.96. The molecule has 3 heterocycles. The SMILES string of the molecule is CN(C)CCN1C(=O)CC[C@@H]2[C@H]1CCN2Cc1ccsc1. The number of carbonyl (C=O) groups is 1. The summed E-state index contributed by atoms with van der Waals surface area (Å²) in [6.07, 6.45) is 2.88. The number of rotatable bonds is 5. The lowest BCUT2D eigenvalue weighted by molar-refractivity contribution is -0.137. The van der Waals surface area contributed by atoms with E-state index in [-0.39, 0.29) is 0 Å². The topological polar surface area (TPSA) is 26.8 Å². The number of carbonyl (C=O) groups excluding carboxylic acids is 1. The monoisotopic (exact) mass is 307 g/mol.